The molecule has 0 aromatic heterocycles. The van der Waals surface area contributed by atoms with Crippen LogP contribution in [0.4, 0.5) is 4.39 Å². The molecule has 2 aliphatic heterocycles. The molecule has 26 heavy (non-hydrogen) atoms. The van der Waals surface area contributed by atoms with Crippen molar-refractivity contribution < 1.29 is 17.6 Å². The van der Waals surface area contributed by atoms with Crippen LogP contribution in [-0.2, 0) is 21.4 Å². The summed E-state index contributed by atoms with van der Waals surface area (Å²) in [5.41, 5.74) is -0.510. The Morgan fingerprint density at radius 2 is 1.77 bits per heavy atom. The third-order valence-electron chi connectivity index (χ3n) is 5.27. The summed E-state index contributed by atoms with van der Waals surface area (Å²) in [7, 11) is -0.124. The molecule has 1 N–H and O–H groups in total. The second-order valence-corrected chi connectivity index (χ2v) is 9.03. The van der Waals surface area contributed by atoms with E-state index in [9.17, 15) is 17.6 Å². The van der Waals surface area contributed by atoms with Crippen LogP contribution in [-0.4, -0.2) is 81.2 Å². The molecule has 0 unspecified atom stereocenters. The van der Waals surface area contributed by atoms with Crippen LogP contribution in [0.1, 0.15) is 5.56 Å². The van der Waals surface area contributed by atoms with Crippen molar-refractivity contribution in [3.63, 3.8) is 0 Å². The third-order valence-corrected chi connectivity index (χ3v) is 7.20. The SMILES string of the molecule is CNC(=O)C1(Cc2ccccc2F)CN(S(=O)(=O)N2CCN(C)CC2)C1. The van der Waals surface area contributed by atoms with Gasteiger partial charge in [-0.2, -0.15) is 17.0 Å². The molecule has 1 aromatic rings. The molecule has 0 atom stereocenters. The van der Waals surface area contributed by atoms with Gasteiger partial charge in [0.05, 0.1) is 5.41 Å². The molecular weight excluding hydrogens is 359 g/mol. The summed E-state index contributed by atoms with van der Waals surface area (Å²) in [5, 5.41) is 2.60. The maximum absolute atomic E-state index is 14.0. The summed E-state index contributed by atoms with van der Waals surface area (Å²) in [6, 6.07) is 6.30. The first-order valence-electron chi connectivity index (χ1n) is 8.68. The fourth-order valence-corrected chi connectivity index (χ4v) is 5.35. The Labute approximate surface area is 153 Å². The summed E-state index contributed by atoms with van der Waals surface area (Å²) in [5.74, 6) is -0.637. The molecule has 0 saturated carbocycles. The molecule has 7 nitrogen and oxygen atoms in total. The van der Waals surface area contributed by atoms with E-state index in [-0.39, 0.29) is 31.2 Å². The van der Waals surface area contributed by atoms with Crippen LogP contribution < -0.4 is 5.32 Å². The number of piperazine rings is 1. The summed E-state index contributed by atoms with van der Waals surface area (Å²) in [6.07, 6.45) is 0.175. The van der Waals surface area contributed by atoms with Crippen molar-refractivity contribution in [2.45, 2.75) is 6.42 Å². The predicted molar refractivity (Wildman–Crippen MR) is 96.2 cm³/mol. The monoisotopic (exact) mass is 384 g/mol. The predicted octanol–water partition coefficient (Wildman–Crippen LogP) is -0.0916. The molecule has 3 rings (SSSR count). The molecular formula is C17H25FN4O3S. The maximum atomic E-state index is 14.0. The van der Waals surface area contributed by atoms with E-state index in [1.807, 2.05) is 7.05 Å². The molecule has 1 amide bonds. The standard InChI is InChI=1S/C17H25FN4O3S/c1-19-16(23)17(11-14-5-3-4-6-15(14)18)12-22(13-17)26(24,25)21-9-7-20(2)8-10-21/h3-6H,7-13H2,1-2H3,(H,19,23). The second kappa shape index (κ2) is 7.22. The van der Waals surface area contributed by atoms with Crippen molar-refractivity contribution in [2.75, 3.05) is 53.4 Å². The fourth-order valence-electron chi connectivity index (χ4n) is 3.58. The number of nitrogens with zero attached hydrogens (tertiary/aromatic N) is 3. The van der Waals surface area contributed by atoms with Gasteiger partial charge in [-0.05, 0) is 25.1 Å². The van der Waals surface area contributed by atoms with Crippen LogP contribution in [0.2, 0.25) is 0 Å². The van der Waals surface area contributed by atoms with Crippen LogP contribution in [0.15, 0.2) is 24.3 Å². The first-order valence-corrected chi connectivity index (χ1v) is 10.1. The van der Waals surface area contributed by atoms with E-state index in [0.717, 1.165) is 0 Å². The van der Waals surface area contributed by atoms with Crippen molar-refractivity contribution in [1.82, 2.24) is 18.8 Å². The van der Waals surface area contributed by atoms with Gasteiger partial charge in [0.25, 0.3) is 10.2 Å². The normalized spacial score (nSPS) is 22.0. The topological polar surface area (TPSA) is 73.0 Å². The number of carbonyl (C=O) groups excluding carboxylic acids is 1. The zero-order valence-electron chi connectivity index (χ0n) is 15.1. The van der Waals surface area contributed by atoms with Gasteiger partial charge in [0, 0.05) is 46.3 Å². The number of nitrogens with one attached hydrogen (secondary N) is 1. The average Bonchev–Trinajstić information content (AvgIpc) is 2.59. The minimum absolute atomic E-state index is 0.0652. The number of carbonyl (C=O) groups is 1. The van der Waals surface area contributed by atoms with Crippen molar-refractivity contribution in [2.24, 2.45) is 5.41 Å². The van der Waals surface area contributed by atoms with Crippen LogP contribution in [0.5, 0.6) is 0 Å². The van der Waals surface area contributed by atoms with Gasteiger partial charge in [0.2, 0.25) is 5.91 Å². The van der Waals surface area contributed by atoms with Gasteiger partial charge in [0.1, 0.15) is 5.82 Å². The molecule has 9 heteroatoms. The lowest BCUT2D eigenvalue weighted by atomic mass is 9.75. The van der Waals surface area contributed by atoms with E-state index < -0.39 is 15.6 Å². The van der Waals surface area contributed by atoms with Gasteiger partial charge < -0.3 is 10.2 Å². The van der Waals surface area contributed by atoms with Crippen molar-refractivity contribution in [1.29, 1.82) is 0 Å². The zero-order chi connectivity index (χ0) is 18.9. The number of benzene rings is 1. The van der Waals surface area contributed by atoms with Crippen LogP contribution in [0.25, 0.3) is 0 Å². The molecule has 1 aromatic carbocycles. The number of amides is 1. The molecule has 0 spiro atoms. The van der Waals surface area contributed by atoms with E-state index in [0.29, 0.717) is 31.7 Å². The number of rotatable bonds is 5. The highest BCUT2D eigenvalue weighted by molar-refractivity contribution is 7.86. The van der Waals surface area contributed by atoms with E-state index in [1.54, 1.807) is 18.2 Å². The lowest BCUT2D eigenvalue weighted by molar-refractivity contribution is -0.137. The van der Waals surface area contributed by atoms with Gasteiger partial charge in [-0.1, -0.05) is 18.2 Å². The molecule has 144 valence electrons. The van der Waals surface area contributed by atoms with Gasteiger partial charge in [-0.25, -0.2) is 4.39 Å². The van der Waals surface area contributed by atoms with Crippen molar-refractivity contribution in [3.8, 4) is 0 Å². The highest BCUT2D eigenvalue weighted by atomic mass is 32.2. The molecule has 0 aliphatic carbocycles. The fraction of sp³-hybridized carbons (Fsp3) is 0.588. The minimum Gasteiger partial charge on any atom is -0.359 e. The molecule has 2 saturated heterocycles. The lowest BCUT2D eigenvalue weighted by Gasteiger charge is -2.49. The second-order valence-electron chi connectivity index (χ2n) is 7.11. The Hall–Kier alpha value is -1.55. The smallest absolute Gasteiger partial charge is 0.282 e. The van der Waals surface area contributed by atoms with Crippen LogP contribution in [0.3, 0.4) is 0 Å². The Bertz CT molecular complexity index is 772. The lowest BCUT2D eigenvalue weighted by Crippen LogP contribution is -2.67. The minimum atomic E-state index is -3.60. The number of hydrogen-bond acceptors (Lipinski definition) is 4. The molecule has 2 heterocycles. The first kappa shape index (κ1) is 19.2. The van der Waals surface area contributed by atoms with Gasteiger partial charge in [0.15, 0.2) is 0 Å². The quantitative estimate of drug-likeness (QED) is 0.770. The van der Waals surface area contributed by atoms with Crippen LogP contribution >= 0.6 is 0 Å². The van der Waals surface area contributed by atoms with Gasteiger partial charge >= 0.3 is 0 Å². The number of halogens is 1. The molecule has 2 fully saturated rings. The first-order chi connectivity index (χ1) is 12.3. The van der Waals surface area contributed by atoms with Crippen molar-refractivity contribution >= 4 is 16.1 Å². The maximum Gasteiger partial charge on any atom is 0.282 e. The Morgan fingerprint density at radius 3 is 2.35 bits per heavy atom. The Balaban J connectivity index is 1.75. The molecule has 0 bridgehead atoms. The van der Waals surface area contributed by atoms with Crippen molar-refractivity contribution in [3.05, 3.63) is 35.6 Å². The van der Waals surface area contributed by atoms with E-state index in [4.69, 9.17) is 0 Å². The molecule has 0 radical (unpaired) electrons. The van der Waals surface area contributed by atoms with Crippen LogP contribution in [0, 0.1) is 11.2 Å². The molecule has 2 aliphatic rings. The van der Waals surface area contributed by atoms with Gasteiger partial charge in [-0.15, -0.1) is 0 Å². The van der Waals surface area contributed by atoms with E-state index in [2.05, 4.69) is 10.2 Å². The Morgan fingerprint density at radius 1 is 1.15 bits per heavy atom. The average molecular weight is 384 g/mol. The highest BCUT2D eigenvalue weighted by Gasteiger charge is 2.54. The highest BCUT2D eigenvalue weighted by Crippen LogP contribution is 2.37. The van der Waals surface area contributed by atoms with E-state index in [1.165, 1.54) is 21.7 Å². The number of likely N-dealkylation sites (N-methyl/N-ethyl adjacent to an activating group) is 1. The summed E-state index contributed by atoms with van der Waals surface area (Å²) < 4.78 is 42.5. The summed E-state index contributed by atoms with van der Waals surface area (Å²) >= 11 is 0. The Kier molecular flexibility index (Phi) is 5.34. The third kappa shape index (κ3) is 3.48. The van der Waals surface area contributed by atoms with Gasteiger partial charge in [-0.3, -0.25) is 4.79 Å². The summed E-state index contributed by atoms with van der Waals surface area (Å²) in [6.45, 7) is 2.38. The largest absolute Gasteiger partial charge is 0.359 e. The number of hydrogen-bond donors (Lipinski definition) is 1. The van der Waals surface area contributed by atoms with E-state index >= 15 is 0 Å². The zero-order valence-corrected chi connectivity index (χ0v) is 15.9. The summed E-state index contributed by atoms with van der Waals surface area (Å²) in [4.78, 5) is 14.5.